The highest BCUT2D eigenvalue weighted by atomic mass is 32.2. The van der Waals surface area contributed by atoms with Crippen molar-refractivity contribution in [3.05, 3.63) is 22.5 Å². The van der Waals surface area contributed by atoms with Gasteiger partial charge < -0.3 is 4.18 Å². The Morgan fingerprint density at radius 1 is 1.50 bits per heavy atom. The van der Waals surface area contributed by atoms with Crippen LogP contribution in [0, 0.1) is 0 Å². The number of aromatic amines is 1. The third kappa shape index (κ3) is 2.70. The molecule has 0 amide bonds. The zero-order valence-electron chi connectivity index (χ0n) is 6.14. The Hall–Kier alpha value is -1.37. The summed E-state index contributed by atoms with van der Waals surface area (Å²) in [6.45, 7) is 0. The molecule has 1 aromatic rings. The third-order valence-electron chi connectivity index (χ3n) is 0.890. The fraction of sp³-hybridized carbons (Fsp3) is 0.200. The van der Waals surface area contributed by atoms with Crippen LogP contribution < -0.4 is 9.74 Å². The van der Waals surface area contributed by atoms with Crippen LogP contribution in [0.4, 0.5) is 0 Å². The molecule has 1 N–H and O–H groups in total. The Morgan fingerprint density at radius 3 is 2.58 bits per heavy atom. The van der Waals surface area contributed by atoms with Crippen molar-refractivity contribution in [2.45, 2.75) is 0 Å². The molecule has 12 heavy (non-hydrogen) atoms. The number of hydrogen-bond acceptors (Lipinski definition) is 5. The highest BCUT2D eigenvalue weighted by Crippen LogP contribution is 2.02. The first-order chi connectivity index (χ1) is 5.47. The van der Waals surface area contributed by atoms with E-state index in [2.05, 4.69) is 9.28 Å². The summed E-state index contributed by atoms with van der Waals surface area (Å²) in [7, 11) is -3.57. The summed E-state index contributed by atoms with van der Waals surface area (Å²) < 4.78 is 25.4. The highest BCUT2D eigenvalue weighted by molar-refractivity contribution is 7.86. The van der Waals surface area contributed by atoms with E-state index in [0.717, 1.165) is 12.3 Å². The molecule has 66 valence electrons. The van der Waals surface area contributed by atoms with E-state index >= 15 is 0 Å². The average molecular weight is 190 g/mol. The van der Waals surface area contributed by atoms with Crippen LogP contribution in [0.1, 0.15) is 0 Å². The quantitative estimate of drug-likeness (QED) is 0.611. The maximum Gasteiger partial charge on any atom is 0.307 e. The highest BCUT2D eigenvalue weighted by Gasteiger charge is 2.04. The summed E-state index contributed by atoms with van der Waals surface area (Å²) in [6, 6.07) is 2.29. The number of aromatic nitrogens is 2. The van der Waals surface area contributed by atoms with Gasteiger partial charge in [0.05, 0.1) is 6.26 Å². The van der Waals surface area contributed by atoms with E-state index in [-0.39, 0.29) is 5.88 Å². The molecule has 0 bridgehead atoms. The zero-order valence-corrected chi connectivity index (χ0v) is 6.96. The Bertz CT molecular complexity index is 401. The topological polar surface area (TPSA) is 89.1 Å². The minimum atomic E-state index is -3.57. The SMILES string of the molecule is CS(=O)(=O)Oc1ccc(=O)[nH]n1. The second-order valence-corrected chi connectivity index (χ2v) is 3.62. The van der Waals surface area contributed by atoms with Crippen LogP contribution in [0.3, 0.4) is 0 Å². The Kier molecular flexibility index (Phi) is 2.13. The van der Waals surface area contributed by atoms with Crippen LogP contribution in [-0.2, 0) is 10.1 Å². The predicted molar refractivity (Wildman–Crippen MR) is 40.3 cm³/mol. The average Bonchev–Trinajstić information content (AvgIpc) is 1.91. The summed E-state index contributed by atoms with van der Waals surface area (Å²) in [4.78, 5) is 10.5. The van der Waals surface area contributed by atoms with Gasteiger partial charge in [0.15, 0.2) is 0 Å². The first-order valence-corrected chi connectivity index (χ1v) is 4.74. The van der Waals surface area contributed by atoms with Crippen molar-refractivity contribution in [3.63, 3.8) is 0 Å². The van der Waals surface area contributed by atoms with Crippen LogP contribution in [0.5, 0.6) is 5.88 Å². The van der Waals surface area contributed by atoms with Crippen LogP contribution >= 0.6 is 0 Å². The monoisotopic (exact) mass is 190 g/mol. The van der Waals surface area contributed by atoms with Gasteiger partial charge >= 0.3 is 10.1 Å². The van der Waals surface area contributed by atoms with E-state index in [1.165, 1.54) is 6.07 Å². The van der Waals surface area contributed by atoms with Crippen LogP contribution in [0.2, 0.25) is 0 Å². The standard InChI is InChI=1S/C5H6N2O4S/c1-12(9,10)11-5-3-2-4(8)6-7-5/h2-3H,1H3,(H,6,8). The molecule has 0 aliphatic rings. The Balaban J connectivity index is 2.93. The minimum Gasteiger partial charge on any atom is -0.360 e. The van der Waals surface area contributed by atoms with Crippen LogP contribution in [-0.4, -0.2) is 24.9 Å². The number of nitrogens with one attached hydrogen (secondary N) is 1. The smallest absolute Gasteiger partial charge is 0.307 e. The lowest BCUT2D eigenvalue weighted by Gasteiger charge is -1.98. The van der Waals surface area contributed by atoms with Gasteiger partial charge in [0.2, 0.25) is 5.88 Å². The van der Waals surface area contributed by atoms with Gasteiger partial charge in [-0.25, -0.2) is 5.10 Å². The van der Waals surface area contributed by atoms with Crippen molar-refractivity contribution in [2.75, 3.05) is 6.26 Å². The molecule has 1 heterocycles. The number of nitrogens with zero attached hydrogens (tertiary/aromatic N) is 1. The molecule has 0 saturated heterocycles. The predicted octanol–water partition coefficient (Wildman–Crippen LogP) is -0.892. The molecule has 0 radical (unpaired) electrons. The maximum absolute atomic E-state index is 10.5. The maximum atomic E-state index is 10.5. The second kappa shape index (κ2) is 2.94. The molecule has 6 nitrogen and oxygen atoms in total. The molecule has 0 unspecified atom stereocenters. The van der Waals surface area contributed by atoms with E-state index < -0.39 is 15.7 Å². The molecular formula is C5H6N2O4S. The molecule has 0 fully saturated rings. The molecule has 0 atom stereocenters. The van der Waals surface area contributed by atoms with Gasteiger partial charge in [0, 0.05) is 12.1 Å². The number of rotatable bonds is 2. The summed E-state index contributed by atoms with van der Waals surface area (Å²) in [5.41, 5.74) is -0.421. The van der Waals surface area contributed by atoms with Gasteiger partial charge in [-0.3, -0.25) is 4.79 Å². The van der Waals surface area contributed by atoms with E-state index in [4.69, 9.17) is 0 Å². The van der Waals surface area contributed by atoms with E-state index in [1.54, 1.807) is 0 Å². The normalized spacial score (nSPS) is 11.1. The van der Waals surface area contributed by atoms with E-state index in [0.29, 0.717) is 0 Å². The van der Waals surface area contributed by atoms with Crippen LogP contribution in [0.15, 0.2) is 16.9 Å². The van der Waals surface area contributed by atoms with Crippen molar-refractivity contribution in [1.82, 2.24) is 10.2 Å². The fourth-order valence-electron chi connectivity index (χ4n) is 0.533. The van der Waals surface area contributed by atoms with Gasteiger partial charge in [-0.05, 0) is 0 Å². The molecule has 0 aliphatic heterocycles. The fourth-order valence-corrected chi connectivity index (χ4v) is 0.936. The van der Waals surface area contributed by atoms with E-state index in [9.17, 15) is 13.2 Å². The molecular weight excluding hydrogens is 184 g/mol. The summed E-state index contributed by atoms with van der Waals surface area (Å²) in [5.74, 6) is -0.155. The van der Waals surface area contributed by atoms with E-state index in [1.807, 2.05) is 5.10 Å². The Labute approximate surface area is 68.3 Å². The number of H-pyrrole nitrogens is 1. The Morgan fingerprint density at radius 2 is 2.17 bits per heavy atom. The van der Waals surface area contributed by atoms with Gasteiger partial charge in [-0.15, -0.1) is 5.10 Å². The lowest BCUT2D eigenvalue weighted by Crippen LogP contribution is -2.11. The molecule has 0 saturated carbocycles. The molecule has 0 spiro atoms. The summed E-state index contributed by atoms with van der Waals surface area (Å²) in [5, 5.41) is 5.35. The van der Waals surface area contributed by atoms with Gasteiger partial charge in [0.1, 0.15) is 0 Å². The molecule has 1 aromatic heterocycles. The van der Waals surface area contributed by atoms with Crippen molar-refractivity contribution in [2.24, 2.45) is 0 Å². The van der Waals surface area contributed by atoms with Gasteiger partial charge in [-0.1, -0.05) is 0 Å². The lowest BCUT2D eigenvalue weighted by molar-refractivity contribution is 0.477. The summed E-state index contributed by atoms with van der Waals surface area (Å²) >= 11 is 0. The molecule has 0 aromatic carbocycles. The second-order valence-electron chi connectivity index (χ2n) is 2.05. The molecule has 0 aliphatic carbocycles. The largest absolute Gasteiger partial charge is 0.360 e. The first kappa shape index (κ1) is 8.72. The van der Waals surface area contributed by atoms with Crippen LogP contribution in [0.25, 0.3) is 0 Å². The zero-order chi connectivity index (χ0) is 9.19. The minimum absolute atomic E-state index is 0.155. The summed E-state index contributed by atoms with van der Waals surface area (Å²) in [6.07, 6.45) is 0.889. The van der Waals surface area contributed by atoms with Gasteiger partial charge in [-0.2, -0.15) is 8.42 Å². The van der Waals surface area contributed by atoms with Crippen molar-refractivity contribution in [3.8, 4) is 5.88 Å². The lowest BCUT2D eigenvalue weighted by atomic mass is 10.6. The molecule has 7 heteroatoms. The first-order valence-electron chi connectivity index (χ1n) is 2.92. The third-order valence-corrected chi connectivity index (χ3v) is 1.36. The molecule has 1 rings (SSSR count). The van der Waals surface area contributed by atoms with Crippen molar-refractivity contribution < 1.29 is 12.6 Å². The number of hydrogen-bond donors (Lipinski definition) is 1. The van der Waals surface area contributed by atoms with Gasteiger partial charge in [0.25, 0.3) is 5.56 Å². The van der Waals surface area contributed by atoms with Crippen molar-refractivity contribution >= 4 is 10.1 Å². The van der Waals surface area contributed by atoms with Crippen molar-refractivity contribution in [1.29, 1.82) is 0 Å².